The van der Waals surface area contributed by atoms with Gasteiger partial charge in [0.25, 0.3) is 5.91 Å². The van der Waals surface area contributed by atoms with Crippen LogP contribution in [0.3, 0.4) is 0 Å². The van der Waals surface area contributed by atoms with E-state index in [1.54, 1.807) is 19.1 Å². The molecule has 35 heavy (non-hydrogen) atoms. The second kappa shape index (κ2) is 13.4. The summed E-state index contributed by atoms with van der Waals surface area (Å²) in [5, 5.41) is 7.85. The third kappa shape index (κ3) is 8.95. The summed E-state index contributed by atoms with van der Waals surface area (Å²) in [4.78, 5) is 49.1. The van der Waals surface area contributed by atoms with Crippen LogP contribution in [-0.4, -0.2) is 43.6 Å². The second-order valence-corrected chi connectivity index (χ2v) is 8.11. The Labute approximate surface area is 212 Å². The Hall–Kier alpha value is -3.56. The Morgan fingerprint density at radius 2 is 1.71 bits per heavy atom. The summed E-state index contributed by atoms with van der Waals surface area (Å²) in [6.07, 6.45) is -0.785. The van der Waals surface area contributed by atoms with E-state index in [9.17, 15) is 19.2 Å². The van der Waals surface area contributed by atoms with E-state index < -0.39 is 43.1 Å². The molecule has 11 heteroatoms. The highest BCUT2D eigenvalue weighted by Gasteiger charge is 2.26. The van der Waals surface area contributed by atoms with Crippen molar-refractivity contribution in [1.82, 2.24) is 10.6 Å². The first kappa shape index (κ1) is 27.7. The first-order valence-corrected chi connectivity index (χ1v) is 11.2. The van der Waals surface area contributed by atoms with E-state index in [4.69, 9.17) is 32.7 Å². The molecule has 3 N–H and O–H groups in total. The van der Waals surface area contributed by atoms with Gasteiger partial charge in [-0.25, -0.2) is 4.79 Å². The smallest absolute Gasteiger partial charge is 0.411 e. The van der Waals surface area contributed by atoms with Crippen LogP contribution in [0.4, 0.5) is 10.5 Å². The van der Waals surface area contributed by atoms with Crippen LogP contribution in [0.25, 0.3) is 0 Å². The van der Waals surface area contributed by atoms with Gasteiger partial charge in [0.05, 0.1) is 6.61 Å². The maximum Gasteiger partial charge on any atom is 0.411 e. The molecule has 0 aromatic heterocycles. The number of hydrogen-bond acceptors (Lipinski definition) is 6. The van der Waals surface area contributed by atoms with Crippen molar-refractivity contribution in [1.29, 1.82) is 0 Å². The SMILES string of the molecule is C=C(COC(=O)Nc1ccc(C)cc1)C(=O)NC(C(=O)NCC(=O)OCC)c1ccc(Cl)cc1Cl. The highest BCUT2D eigenvalue weighted by molar-refractivity contribution is 6.35. The van der Waals surface area contributed by atoms with Crippen molar-refractivity contribution in [3.05, 3.63) is 75.8 Å². The van der Waals surface area contributed by atoms with Gasteiger partial charge in [-0.2, -0.15) is 0 Å². The normalized spacial score (nSPS) is 11.1. The van der Waals surface area contributed by atoms with Crippen molar-refractivity contribution >= 4 is 52.8 Å². The van der Waals surface area contributed by atoms with Crippen LogP contribution < -0.4 is 16.0 Å². The molecule has 0 aliphatic rings. The lowest BCUT2D eigenvalue weighted by Crippen LogP contribution is -2.43. The van der Waals surface area contributed by atoms with Crippen LogP contribution in [0, 0.1) is 6.92 Å². The number of carbonyl (C=O) groups is 4. The van der Waals surface area contributed by atoms with Crippen molar-refractivity contribution in [2.24, 2.45) is 0 Å². The molecule has 0 radical (unpaired) electrons. The Balaban J connectivity index is 2.03. The number of nitrogens with one attached hydrogen (secondary N) is 3. The van der Waals surface area contributed by atoms with E-state index >= 15 is 0 Å². The summed E-state index contributed by atoms with van der Waals surface area (Å²) in [7, 11) is 0. The molecule has 3 amide bonds. The van der Waals surface area contributed by atoms with E-state index in [2.05, 4.69) is 22.5 Å². The molecule has 1 atom stereocenters. The number of carbonyl (C=O) groups excluding carboxylic acids is 4. The van der Waals surface area contributed by atoms with Crippen molar-refractivity contribution < 1.29 is 28.7 Å². The number of amides is 3. The van der Waals surface area contributed by atoms with Crippen LogP contribution >= 0.6 is 23.2 Å². The van der Waals surface area contributed by atoms with Gasteiger partial charge in [-0.05, 0) is 38.1 Å². The molecule has 0 heterocycles. The molecule has 0 aliphatic heterocycles. The van der Waals surface area contributed by atoms with Crippen molar-refractivity contribution in [3.8, 4) is 0 Å². The quantitative estimate of drug-likeness (QED) is 0.321. The van der Waals surface area contributed by atoms with Crippen molar-refractivity contribution in [2.45, 2.75) is 19.9 Å². The predicted octanol–water partition coefficient (Wildman–Crippen LogP) is 3.94. The first-order chi connectivity index (χ1) is 16.6. The fourth-order valence-corrected chi connectivity index (χ4v) is 3.25. The van der Waals surface area contributed by atoms with Gasteiger partial charge < -0.3 is 20.1 Å². The molecule has 1 unspecified atom stereocenters. The number of ether oxygens (including phenoxy) is 2. The number of hydrogen-bond donors (Lipinski definition) is 3. The van der Waals surface area contributed by atoms with E-state index in [1.807, 2.05) is 19.1 Å². The molecule has 0 saturated heterocycles. The number of benzene rings is 2. The Bertz CT molecular complexity index is 1100. The largest absolute Gasteiger partial charge is 0.465 e. The molecule has 2 aromatic carbocycles. The molecule has 0 bridgehead atoms. The Kier molecular flexibility index (Phi) is 10.6. The van der Waals surface area contributed by atoms with Crippen molar-refractivity contribution in [2.75, 3.05) is 25.1 Å². The fraction of sp³-hybridized carbons (Fsp3) is 0.250. The summed E-state index contributed by atoms with van der Waals surface area (Å²) in [5.41, 5.74) is 1.65. The van der Waals surface area contributed by atoms with Crippen LogP contribution in [0.1, 0.15) is 24.1 Å². The fourth-order valence-electron chi connectivity index (χ4n) is 2.74. The monoisotopic (exact) mass is 521 g/mol. The number of halogens is 2. The van der Waals surface area contributed by atoms with E-state index in [0.29, 0.717) is 10.7 Å². The summed E-state index contributed by atoms with van der Waals surface area (Å²) < 4.78 is 9.82. The summed E-state index contributed by atoms with van der Waals surface area (Å²) >= 11 is 12.2. The van der Waals surface area contributed by atoms with E-state index in [1.165, 1.54) is 18.2 Å². The third-order valence-corrected chi connectivity index (χ3v) is 5.08. The first-order valence-electron chi connectivity index (χ1n) is 10.5. The van der Waals surface area contributed by atoms with Gasteiger partial charge in [-0.1, -0.05) is 53.5 Å². The second-order valence-electron chi connectivity index (χ2n) is 7.27. The minimum atomic E-state index is -1.29. The molecule has 2 rings (SSSR count). The van der Waals surface area contributed by atoms with Gasteiger partial charge in [-0.3, -0.25) is 19.7 Å². The minimum absolute atomic E-state index is 0.119. The molecule has 0 saturated carbocycles. The predicted molar refractivity (Wildman–Crippen MR) is 132 cm³/mol. The van der Waals surface area contributed by atoms with Crippen LogP contribution in [0.2, 0.25) is 10.0 Å². The van der Waals surface area contributed by atoms with Crippen molar-refractivity contribution in [3.63, 3.8) is 0 Å². The molecular formula is C24H25Cl2N3O6. The molecule has 9 nitrogen and oxygen atoms in total. The van der Waals surface area contributed by atoms with Crippen LogP contribution in [-0.2, 0) is 23.9 Å². The Morgan fingerprint density at radius 1 is 1.03 bits per heavy atom. The van der Waals surface area contributed by atoms with Gasteiger partial charge >= 0.3 is 12.1 Å². The molecule has 2 aromatic rings. The van der Waals surface area contributed by atoms with Gasteiger partial charge in [0.2, 0.25) is 5.91 Å². The summed E-state index contributed by atoms with van der Waals surface area (Å²) in [6.45, 7) is 6.45. The van der Waals surface area contributed by atoms with Gasteiger partial charge in [0.1, 0.15) is 19.2 Å². The zero-order chi connectivity index (χ0) is 26.0. The lowest BCUT2D eigenvalue weighted by atomic mass is 10.1. The zero-order valence-corrected chi connectivity index (χ0v) is 20.7. The van der Waals surface area contributed by atoms with Gasteiger partial charge in [0, 0.05) is 26.9 Å². The molecule has 0 aliphatic carbocycles. The third-order valence-electron chi connectivity index (χ3n) is 4.52. The highest BCUT2D eigenvalue weighted by Crippen LogP contribution is 2.27. The maximum atomic E-state index is 12.8. The van der Waals surface area contributed by atoms with E-state index in [-0.39, 0.29) is 22.8 Å². The lowest BCUT2D eigenvalue weighted by molar-refractivity contribution is -0.143. The number of rotatable bonds is 10. The number of anilines is 1. The summed E-state index contributed by atoms with van der Waals surface area (Å²) in [5.74, 6) is -2.14. The average Bonchev–Trinajstić information content (AvgIpc) is 2.81. The molecular weight excluding hydrogens is 497 g/mol. The average molecular weight is 522 g/mol. The molecule has 0 fully saturated rings. The van der Waals surface area contributed by atoms with Gasteiger partial charge in [0.15, 0.2) is 0 Å². The van der Waals surface area contributed by atoms with Gasteiger partial charge in [-0.15, -0.1) is 0 Å². The Morgan fingerprint density at radius 3 is 2.34 bits per heavy atom. The minimum Gasteiger partial charge on any atom is -0.465 e. The summed E-state index contributed by atoms with van der Waals surface area (Å²) in [6, 6.07) is 10.1. The standard InChI is InChI=1S/C24H25Cl2N3O6/c1-4-34-20(30)12-27-23(32)21(18-10-7-16(25)11-19(18)26)29-22(31)15(3)13-35-24(33)28-17-8-5-14(2)6-9-17/h5-11,21H,3-4,12-13H2,1-2H3,(H,27,32)(H,28,33)(H,29,31). The van der Waals surface area contributed by atoms with E-state index in [0.717, 1.165) is 5.56 Å². The topological polar surface area (TPSA) is 123 Å². The number of aryl methyl sites for hydroxylation is 1. The number of esters is 1. The molecule has 186 valence electrons. The molecule has 0 spiro atoms. The zero-order valence-electron chi connectivity index (χ0n) is 19.2. The maximum absolute atomic E-state index is 12.8. The lowest BCUT2D eigenvalue weighted by Gasteiger charge is -2.20. The van der Waals surface area contributed by atoms with Crippen LogP contribution in [0.15, 0.2) is 54.6 Å². The van der Waals surface area contributed by atoms with Crippen LogP contribution in [0.5, 0.6) is 0 Å². The highest BCUT2D eigenvalue weighted by atomic mass is 35.5.